The number of aromatic amines is 1. The molecule has 9 nitrogen and oxygen atoms in total. The van der Waals surface area contributed by atoms with Crippen LogP contribution in [0.15, 0.2) is 12.5 Å². The van der Waals surface area contributed by atoms with Gasteiger partial charge in [0, 0.05) is 11.9 Å². The number of H-pyrrole nitrogens is 1. The van der Waals surface area contributed by atoms with Crippen LogP contribution in [0.25, 0.3) is 5.82 Å². The first kappa shape index (κ1) is 15.3. The second kappa shape index (κ2) is 5.88. The van der Waals surface area contributed by atoms with Crippen LogP contribution in [0.1, 0.15) is 38.9 Å². The number of hydrogen-bond acceptors (Lipinski definition) is 7. The molecule has 0 aliphatic carbocycles. The van der Waals surface area contributed by atoms with Crippen LogP contribution in [0.2, 0.25) is 0 Å². The van der Waals surface area contributed by atoms with Crippen molar-refractivity contribution in [3.63, 3.8) is 0 Å². The molecule has 0 saturated carbocycles. The van der Waals surface area contributed by atoms with E-state index in [1.165, 1.54) is 17.2 Å². The van der Waals surface area contributed by atoms with Crippen molar-refractivity contribution >= 4 is 17.2 Å². The lowest BCUT2D eigenvalue weighted by molar-refractivity contribution is 0.0739. The number of hydrogen-bond donors (Lipinski definition) is 1. The molecule has 3 aromatic heterocycles. The summed E-state index contributed by atoms with van der Waals surface area (Å²) in [6.45, 7) is 5.93. The maximum absolute atomic E-state index is 12.8. The normalized spacial score (nSPS) is 12.3. The van der Waals surface area contributed by atoms with Gasteiger partial charge in [0.05, 0.1) is 22.9 Å². The average Bonchev–Trinajstić information content (AvgIpc) is 3.24. The first-order chi connectivity index (χ1) is 11.0. The molecule has 1 atom stereocenters. The first-order valence-corrected chi connectivity index (χ1v) is 7.78. The van der Waals surface area contributed by atoms with Crippen molar-refractivity contribution in [2.24, 2.45) is 0 Å². The molecule has 3 heterocycles. The fourth-order valence-corrected chi connectivity index (χ4v) is 3.26. The second-order valence-electron chi connectivity index (χ2n) is 5.15. The largest absolute Gasteiger partial charge is 0.333 e. The summed E-state index contributed by atoms with van der Waals surface area (Å²) in [7, 11) is 1.75. The molecule has 120 valence electrons. The Hall–Kier alpha value is -2.62. The quantitative estimate of drug-likeness (QED) is 0.772. The lowest BCUT2D eigenvalue weighted by atomic mass is 10.1. The third kappa shape index (κ3) is 2.72. The van der Waals surface area contributed by atoms with E-state index >= 15 is 0 Å². The topological polar surface area (TPSA) is 105 Å². The van der Waals surface area contributed by atoms with Gasteiger partial charge in [0.25, 0.3) is 5.91 Å². The van der Waals surface area contributed by atoms with E-state index in [1.807, 2.05) is 20.8 Å². The van der Waals surface area contributed by atoms with E-state index in [4.69, 9.17) is 0 Å². The van der Waals surface area contributed by atoms with Gasteiger partial charge in [-0.3, -0.25) is 9.89 Å². The molecule has 23 heavy (non-hydrogen) atoms. The zero-order valence-electron chi connectivity index (χ0n) is 13.2. The summed E-state index contributed by atoms with van der Waals surface area (Å²) in [5.74, 6) is 0.257. The van der Waals surface area contributed by atoms with Gasteiger partial charge < -0.3 is 4.90 Å². The molecule has 3 aromatic rings. The lowest BCUT2D eigenvalue weighted by Gasteiger charge is -2.24. The number of nitrogens with one attached hydrogen (secondary N) is 1. The molecule has 3 rings (SSSR count). The van der Waals surface area contributed by atoms with Crippen LogP contribution < -0.4 is 0 Å². The van der Waals surface area contributed by atoms with E-state index < -0.39 is 0 Å². The third-order valence-corrected chi connectivity index (χ3v) is 4.57. The van der Waals surface area contributed by atoms with E-state index in [0.29, 0.717) is 11.4 Å². The Bertz CT molecular complexity index is 821. The molecule has 0 radical (unpaired) electrons. The number of aryl methyl sites for hydroxylation is 2. The molecule has 0 aliphatic rings. The van der Waals surface area contributed by atoms with Gasteiger partial charge in [0.15, 0.2) is 5.82 Å². The molecule has 0 spiro atoms. The van der Waals surface area contributed by atoms with Crippen molar-refractivity contribution in [3.8, 4) is 5.82 Å². The van der Waals surface area contributed by atoms with Gasteiger partial charge in [0.1, 0.15) is 11.9 Å². The zero-order valence-corrected chi connectivity index (χ0v) is 14.0. The fourth-order valence-electron chi connectivity index (χ4n) is 2.36. The van der Waals surface area contributed by atoms with Gasteiger partial charge in [-0.2, -0.15) is 9.78 Å². The van der Waals surface area contributed by atoms with Crippen LogP contribution in [0.3, 0.4) is 0 Å². The van der Waals surface area contributed by atoms with E-state index in [0.717, 1.165) is 15.6 Å². The van der Waals surface area contributed by atoms with Crippen molar-refractivity contribution in [2.45, 2.75) is 26.8 Å². The van der Waals surface area contributed by atoms with Crippen LogP contribution in [0, 0.1) is 13.8 Å². The summed E-state index contributed by atoms with van der Waals surface area (Å²) in [4.78, 5) is 20.1. The minimum atomic E-state index is -0.179. The van der Waals surface area contributed by atoms with Crippen molar-refractivity contribution in [1.29, 1.82) is 0 Å². The van der Waals surface area contributed by atoms with Crippen molar-refractivity contribution in [2.75, 3.05) is 7.05 Å². The van der Waals surface area contributed by atoms with E-state index in [1.54, 1.807) is 23.3 Å². The van der Waals surface area contributed by atoms with Gasteiger partial charge in [-0.05, 0) is 31.2 Å². The number of carbonyl (C=O) groups is 1. The van der Waals surface area contributed by atoms with Crippen LogP contribution in [0.5, 0.6) is 0 Å². The molecular formula is C13H16N8OS. The van der Waals surface area contributed by atoms with Crippen molar-refractivity contribution < 1.29 is 4.79 Å². The first-order valence-electron chi connectivity index (χ1n) is 6.97. The predicted molar refractivity (Wildman–Crippen MR) is 83.4 cm³/mol. The number of rotatable bonds is 4. The molecule has 0 saturated heterocycles. The number of amides is 1. The molecule has 0 aliphatic heterocycles. The fraction of sp³-hybridized carbons (Fsp3) is 0.385. The molecule has 0 aromatic carbocycles. The Morgan fingerprint density at radius 1 is 1.43 bits per heavy atom. The van der Waals surface area contributed by atoms with Crippen molar-refractivity contribution in [3.05, 3.63) is 33.7 Å². The maximum Gasteiger partial charge on any atom is 0.259 e. The van der Waals surface area contributed by atoms with Crippen LogP contribution >= 0.6 is 11.3 Å². The van der Waals surface area contributed by atoms with Gasteiger partial charge >= 0.3 is 0 Å². The molecule has 0 bridgehead atoms. The highest BCUT2D eigenvalue weighted by atomic mass is 32.1. The Morgan fingerprint density at radius 3 is 2.83 bits per heavy atom. The van der Waals surface area contributed by atoms with Crippen molar-refractivity contribution in [1.82, 2.24) is 40.3 Å². The SMILES string of the molecule is Cc1nc([C@@H](C)N(C)C(=O)c2cn[nH]c2-n2cnnn2)c(C)s1. The van der Waals surface area contributed by atoms with Crippen LogP contribution in [0.4, 0.5) is 0 Å². The lowest BCUT2D eigenvalue weighted by Crippen LogP contribution is -2.30. The van der Waals surface area contributed by atoms with Crippen LogP contribution in [-0.4, -0.2) is 53.2 Å². The molecule has 0 unspecified atom stereocenters. The number of thiazole rings is 1. The van der Waals surface area contributed by atoms with Crippen LogP contribution in [-0.2, 0) is 0 Å². The predicted octanol–water partition coefficient (Wildman–Crippen LogP) is 1.29. The zero-order chi connectivity index (χ0) is 16.6. The molecule has 1 N–H and O–H groups in total. The van der Waals surface area contributed by atoms with Gasteiger partial charge in [-0.25, -0.2) is 4.98 Å². The smallest absolute Gasteiger partial charge is 0.259 e. The number of nitrogens with zero attached hydrogens (tertiary/aromatic N) is 7. The molecule has 0 fully saturated rings. The number of tetrazole rings is 1. The highest BCUT2D eigenvalue weighted by molar-refractivity contribution is 7.11. The Labute approximate surface area is 136 Å². The van der Waals surface area contributed by atoms with Gasteiger partial charge in [-0.1, -0.05) is 0 Å². The Kier molecular flexibility index (Phi) is 3.90. The number of carbonyl (C=O) groups excluding carboxylic acids is 1. The summed E-state index contributed by atoms with van der Waals surface area (Å²) in [5, 5.41) is 18.6. The molecule has 10 heteroatoms. The average molecular weight is 332 g/mol. The highest BCUT2D eigenvalue weighted by Crippen LogP contribution is 2.27. The summed E-state index contributed by atoms with van der Waals surface area (Å²) in [5.41, 5.74) is 1.31. The maximum atomic E-state index is 12.8. The highest BCUT2D eigenvalue weighted by Gasteiger charge is 2.26. The Balaban J connectivity index is 1.89. The summed E-state index contributed by atoms with van der Waals surface area (Å²) in [6, 6.07) is -0.149. The summed E-state index contributed by atoms with van der Waals surface area (Å²) in [6.07, 6.45) is 2.88. The summed E-state index contributed by atoms with van der Waals surface area (Å²) >= 11 is 1.63. The van der Waals surface area contributed by atoms with E-state index in [-0.39, 0.29) is 11.9 Å². The minimum Gasteiger partial charge on any atom is -0.333 e. The number of aromatic nitrogens is 7. The van der Waals surface area contributed by atoms with Gasteiger partial charge in [0.2, 0.25) is 0 Å². The summed E-state index contributed by atoms with van der Waals surface area (Å²) < 4.78 is 1.37. The van der Waals surface area contributed by atoms with E-state index in [2.05, 4.69) is 30.7 Å². The Morgan fingerprint density at radius 2 is 2.22 bits per heavy atom. The monoisotopic (exact) mass is 332 g/mol. The standard InChI is InChI=1S/C13H16N8OS/c1-7(11-8(2)23-9(3)16-11)20(4)13(22)10-5-14-17-12(10)21-6-15-18-19-21/h5-7H,1-4H3,(H,14,17)/t7-/m1/s1. The third-order valence-electron chi connectivity index (χ3n) is 3.66. The van der Waals surface area contributed by atoms with Gasteiger partial charge in [-0.15, -0.1) is 16.4 Å². The van der Waals surface area contributed by atoms with E-state index in [9.17, 15) is 4.79 Å². The second-order valence-corrected chi connectivity index (χ2v) is 6.56. The molecule has 1 amide bonds. The molecular weight excluding hydrogens is 316 g/mol. The minimum absolute atomic E-state index is 0.149.